The zero-order valence-electron chi connectivity index (χ0n) is 13.9. The number of ether oxygens (including phenoxy) is 1. The zero-order valence-corrected chi connectivity index (χ0v) is 13.9. The number of hydrazone groups is 1. The van der Waals surface area contributed by atoms with Crippen LogP contribution in [0.25, 0.3) is 10.8 Å². The normalized spacial score (nSPS) is 16.4. The van der Waals surface area contributed by atoms with Gasteiger partial charge in [-0.25, -0.2) is 0 Å². The first-order chi connectivity index (χ1) is 12.3. The molecule has 4 rings (SSSR count). The molecule has 1 heterocycles. The molecule has 0 radical (unpaired) electrons. The molecule has 3 aromatic carbocycles. The predicted octanol–water partition coefficient (Wildman–Crippen LogP) is 3.77. The highest BCUT2D eigenvalue weighted by Gasteiger charge is 2.29. The standard InChI is InChI=1S/C21H18N2O2/c1-25-18-10-8-15(9-11-18)19-13-22-23-20(19)21(24)17-7-6-14-4-2-3-5-16(14)12-17/h2-12,19,22H,13H2,1H3/t19-/m0/s1. The van der Waals surface area contributed by atoms with E-state index in [1.807, 2.05) is 66.7 Å². The van der Waals surface area contributed by atoms with Crippen LogP contribution in [0.2, 0.25) is 0 Å². The van der Waals surface area contributed by atoms with Gasteiger partial charge in [-0.2, -0.15) is 5.10 Å². The lowest BCUT2D eigenvalue weighted by Gasteiger charge is -2.12. The number of nitrogens with zero attached hydrogens (tertiary/aromatic N) is 1. The van der Waals surface area contributed by atoms with Gasteiger partial charge in [0.25, 0.3) is 0 Å². The highest BCUT2D eigenvalue weighted by Crippen LogP contribution is 2.25. The second kappa shape index (κ2) is 6.40. The summed E-state index contributed by atoms with van der Waals surface area (Å²) in [5.74, 6) is 0.718. The number of fused-ring (bicyclic) bond motifs is 1. The van der Waals surface area contributed by atoms with Gasteiger partial charge in [0.15, 0.2) is 0 Å². The van der Waals surface area contributed by atoms with Gasteiger partial charge in [0.2, 0.25) is 5.78 Å². The molecule has 1 aliphatic heterocycles. The molecule has 0 unspecified atom stereocenters. The first-order valence-corrected chi connectivity index (χ1v) is 8.24. The molecule has 0 spiro atoms. The summed E-state index contributed by atoms with van der Waals surface area (Å²) in [5.41, 5.74) is 5.25. The van der Waals surface area contributed by atoms with Crippen LogP contribution < -0.4 is 10.2 Å². The molecular formula is C21H18N2O2. The second-order valence-corrected chi connectivity index (χ2v) is 6.08. The van der Waals surface area contributed by atoms with Gasteiger partial charge in [0, 0.05) is 12.1 Å². The van der Waals surface area contributed by atoms with Crippen molar-refractivity contribution in [1.29, 1.82) is 0 Å². The fourth-order valence-corrected chi connectivity index (χ4v) is 3.20. The maximum absolute atomic E-state index is 13.0. The van der Waals surface area contributed by atoms with Gasteiger partial charge < -0.3 is 10.2 Å². The minimum atomic E-state index is -0.0510. The van der Waals surface area contributed by atoms with E-state index in [1.165, 1.54) is 0 Å². The topological polar surface area (TPSA) is 50.7 Å². The van der Waals surface area contributed by atoms with E-state index >= 15 is 0 Å². The summed E-state index contributed by atoms with van der Waals surface area (Å²) in [6, 6.07) is 21.6. The van der Waals surface area contributed by atoms with Crippen LogP contribution in [0.5, 0.6) is 5.75 Å². The smallest absolute Gasteiger partial charge is 0.209 e. The fraction of sp³-hybridized carbons (Fsp3) is 0.143. The van der Waals surface area contributed by atoms with E-state index in [1.54, 1.807) is 7.11 Å². The minimum absolute atomic E-state index is 0.0310. The summed E-state index contributed by atoms with van der Waals surface area (Å²) in [6.45, 7) is 0.626. The molecule has 0 saturated carbocycles. The molecule has 1 aliphatic rings. The number of hydrogen-bond donors (Lipinski definition) is 1. The molecule has 3 aromatic rings. The Kier molecular flexibility index (Phi) is 3.94. The van der Waals surface area contributed by atoms with Crippen molar-refractivity contribution in [2.24, 2.45) is 5.10 Å². The van der Waals surface area contributed by atoms with Crippen LogP contribution in [0.15, 0.2) is 71.8 Å². The first kappa shape index (κ1) is 15.4. The Morgan fingerprint density at radius 3 is 2.56 bits per heavy atom. The molecule has 25 heavy (non-hydrogen) atoms. The highest BCUT2D eigenvalue weighted by molar-refractivity contribution is 6.48. The molecule has 0 amide bonds. The van der Waals surface area contributed by atoms with E-state index < -0.39 is 0 Å². The highest BCUT2D eigenvalue weighted by atomic mass is 16.5. The lowest BCUT2D eigenvalue weighted by Crippen LogP contribution is -2.21. The minimum Gasteiger partial charge on any atom is -0.497 e. The van der Waals surface area contributed by atoms with Gasteiger partial charge in [0.05, 0.1) is 13.0 Å². The molecule has 124 valence electrons. The first-order valence-electron chi connectivity index (χ1n) is 8.24. The van der Waals surface area contributed by atoms with Gasteiger partial charge in [-0.05, 0) is 34.5 Å². The quantitative estimate of drug-likeness (QED) is 0.741. The molecule has 0 bridgehead atoms. The van der Waals surface area contributed by atoms with Gasteiger partial charge in [-0.1, -0.05) is 48.5 Å². The van der Waals surface area contributed by atoms with Gasteiger partial charge >= 0.3 is 0 Å². The molecule has 1 atom stereocenters. The molecule has 4 heteroatoms. The van der Waals surface area contributed by atoms with Crippen LogP contribution in [-0.4, -0.2) is 25.1 Å². The number of ketones is 1. The molecule has 0 aliphatic carbocycles. The van der Waals surface area contributed by atoms with Gasteiger partial charge in [-0.3, -0.25) is 4.79 Å². The molecule has 1 N–H and O–H groups in total. The number of nitrogens with one attached hydrogen (secondary N) is 1. The number of carbonyl (C=O) groups is 1. The summed E-state index contributed by atoms with van der Waals surface area (Å²) in [4.78, 5) is 13.0. The average molecular weight is 330 g/mol. The van der Waals surface area contributed by atoms with E-state index in [2.05, 4.69) is 10.5 Å². The number of Topliss-reactive ketones (excluding diaryl/α,β-unsaturated/α-hetero) is 1. The van der Waals surface area contributed by atoms with E-state index in [4.69, 9.17) is 4.74 Å². The monoisotopic (exact) mass is 330 g/mol. The Bertz CT molecular complexity index is 961. The van der Waals surface area contributed by atoms with Crippen molar-refractivity contribution < 1.29 is 9.53 Å². The lowest BCUT2D eigenvalue weighted by molar-refractivity contribution is 0.106. The van der Waals surface area contributed by atoms with Crippen molar-refractivity contribution in [3.05, 3.63) is 77.9 Å². The lowest BCUT2D eigenvalue weighted by atomic mass is 9.90. The summed E-state index contributed by atoms with van der Waals surface area (Å²) in [6.07, 6.45) is 0. The van der Waals surface area contributed by atoms with Gasteiger partial charge in [0.1, 0.15) is 11.5 Å². The summed E-state index contributed by atoms with van der Waals surface area (Å²) in [7, 11) is 1.64. The van der Waals surface area contributed by atoms with E-state index in [9.17, 15) is 4.79 Å². The number of carbonyl (C=O) groups excluding carboxylic acids is 1. The zero-order chi connectivity index (χ0) is 17.2. The van der Waals surface area contributed by atoms with Crippen LogP contribution >= 0.6 is 0 Å². The Balaban J connectivity index is 1.65. The number of rotatable bonds is 4. The third-order valence-corrected chi connectivity index (χ3v) is 4.59. The van der Waals surface area contributed by atoms with E-state index in [0.29, 0.717) is 17.8 Å². The third-order valence-electron chi connectivity index (χ3n) is 4.59. The Morgan fingerprint density at radius 2 is 1.80 bits per heavy atom. The number of hydrogen-bond acceptors (Lipinski definition) is 4. The Morgan fingerprint density at radius 1 is 1.04 bits per heavy atom. The van der Waals surface area contributed by atoms with Gasteiger partial charge in [-0.15, -0.1) is 0 Å². The molecule has 0 fully saturated rings. The maximum atomic E-state index is 13.0. The van der Waals surface area contributed by atoms with Crippen molar-refractivity contribution in [3.8, 4) is 5.75 Å². The van der Waals surface area contributed by atoms with Crippen LogP contribution in [0, 0.1) is 0 Å². The molecule has 0 saturated heterocycles. The third kappa shape index (κ3) is 2.87. The Hall–Kier alpha value is -3.14. The molecule has 0 aromatic heterocycles. The van der Waals surface area contributed by atoms with Crippen molar-refractivity contribution in [2.45, 2.75) is 5.92 Å². The average Bonchev–Trinajstić information content (AvgIpc) is 3.17. The largest absolute Gasteiger partial charge is 0.497 e. The van der Waals surface area contributed by atoms with Crippen molar-refractivity contribution >= 4 is 22.3 Å². The number of benzene rings is 3. The van der Waals surface area contributed by atoms with Crippen LogP contribution in [0.4, 0.5) is 0 Å². The van der Waals surface area contributed by atoms with Crippen LogP contribution in [0.3, 0.4) is 0 Å². The summed E-state index contributed by atoms with van der Waals surface area (Å²) >= 11 is 0. The Labute approximate surface area is 146 Å². The van der Waals surface area contributed by atoms with Crippen molar-refractivity contribution in [2.75, 3.05) is 13.7 Å². The fourth-order valence-electron chi connectivity index (χ4n) is 3.20. The van der Waals surface area contributed by atoms with E-state index in [0.717, 1.165) is 22.1 Å². The predicted molar refractivity (Wildman–Crippen MR) is 99.5 cm³/mol. The molecular weight excluding hydrogens is 312 g/mol. The summed E-state index contributed by atoms with van der Waals surface area (Å²) < 4.78 is 5.20. The maximum Gasteiger partial charge on any atom is 0.209 e. The number of methoxy groups -OCH3 is 1. The van der Waals surface area contributed by atoms with Crippen molar-refractivity contribution in [1.82, 2.24) is 5.43 Å². The second-order valence-electron chi connectivity index (χ2n) is 6.08. The SMILES string of the molecule is COc1ccc([C@@H]2CNN=C2C(=O)c2ccc3ccccc3c2)cc1. The van der Waals surface area contributed by atoms with Crippen LogP contribution in [0.1, 0.15) is 21.8 Å². The van der Waals surface area contributed by atoms with Crippen LogP contribution in [-0.2, 0) is 0 Å². The molecule has 4 nitrogen and oxygen atoms in total. The van der Waals surface area contributed by atoms with Crippen molar-refractivity contribution in [3.63, 3.8) is 0 Å². The van der Waals surface area contributed by atoms with E-state index in [-0.39, 0.29) is 11.7 Å². The summed E-state index contributed by atoms with van der Waals surface area (Å²) in [5, 5.41) is 6.46.